The zero-order valence-corrected chi connectivity index (χ0v) is 16.9. The molecule has 1 unspecified atom stereocenters. The van der Waals surface area contributed by atoms with Gasteiger partial charge in [-0.2, -0.15) is 0 Å². The van der Waals surface area contributed by atoms with E-state index in [4.69, 9.17) is 4.74 Å². The van der Waals surface area contributed by atoms with Crippen LogP contribution in [0.5, 0.6) is 11.5 Å². The SMILES string of the molecule is CC(=O)NC(C)c1ccc(NC(=O)c2ccc(OCc3ccccc3)cc2)c(O)c1. The maximum absolute atomic E-state index is 12.5. The van der Waals surface area contributed by atoms with Crippen LogP contribution in [0.4, 0.5) is 5.69 Å². The highest BCUT2D eigenvalue weighted by Crippen LogP contribution is 2.28. The second-order valence-electron chi connectivity index (χ2n) is 6.95. The normalized spacial score (nSPS) is 11.4. The summed E-state index contributed by atoms with van der Waals surface area (Å²) in [7, 11) is 0. The van der Waals surface area contributed by atoms with Gasteiger partial charge >= 0.3 is 0 Å². The van der Waals surface area contributed by atoms with Crippen LogP contribution in [0.15, 0.2) is 72.8 Å². The first kappa shape index (κ1) is 20.9. The number of benzene rings is 3. The van der Waals surface area contributed by atoms with Crippen molar-refractivity contribution in [1.82, 2.24) is 5.32 Å². The molecule has 0 aliphatic carbocycles. The molecule has 0 aliphatic rings. The van der Waals surface area contributed by atoms with E-state index < -0.39 is 0 Å². The zero-order chi connectivity index (χ0) is 21.5. The fourth-order valence-corrected chi connectivity index (χ4v) is 2.95. The summed E-state index contributed by atoms with van der Waals surface area (Å²) in [5, 5.41) is 15.7. The van der Waals surface area contributed by atoms with Gasteiger partial charge in [0.1, 0.15) is 18.1 Å². The third-order valence-electron chi connectivity index (χ3n) is 4.55. The standard InChI is InChI=1S/C24H24N2O4/c1-16(25-17(2)27)20-10-13-22(23(28)14-20)26-24(29)19-8-11-21(12-9-19)30-15-18-6-4-3-5-7-18/h3-14,16,28H,15H2,1-2H3,(H,25,27)(H,26,29). The maximum Gasteiger partial charge on any atom is 0.255 e. The molecule has 0 saturated carbocycles. The molecule has 0 aliphatic heterocycles. The zero-order valence-electron chi connectivity index (χ0n) is 16.9. The second-order valence-corrected chi connectivity index (χ2v) is 6.95. The van der Waals surface area contributed by atoms with Crippen molar-refractivity contribution in [3.05, 3.63) is 89.5 Å². The number of amides is 2. The molecule has 0 aromatic heterocycles. The Morgan fingerprint density at radius 3 is 2.33 bits per heavy atom. The number of anilines is 1. The molecular weight excluding hydrogens is 380 g/mol. The molecule has 6 nitrogen and oxygen atoms in total. The second kappa shape index (κ2) is 9.60. The minimum Gasteiger partial charge on any atom is -0.506 e. The van der Waals surface area contributed by atoms with E-state index in [1.807, 2.05) is 37.3 Å². The van der Waals surface area contributed by atoms with Crippen LogP contribution in [0.25, 0.3) is 0 Å². The molecule has 6 heteroatoms. The highest BCUT2D eigenvalue weighted by Gasteiger charge is 2.13. The van der Waals surface area contributed by atoms with E-state index in [1.54, 1.807) is 36.4 Å². The fraction of sp³-hybridized carbons (Fsp3) is 0.167. The van der Waals surface area contributed by atoms with Gasteiger partial charge in [0.2, 0.25) is 5.91 Å². The number of carbonyl (C=O) groups is 2. The van der Waals surface area contributed by atoms with E-state index in [0.29, 0.717) is 23.6 Å². The Morgan fingerprint density at radius 1 is 1.00 bits per heavy atom. The van der Waals surface area contributed by atoms with Crippen LogP contribution in [0.2, 0.25) is 0 Å². The van der Waals surface area contributed by atoms with Gasteiger partial charge in [0.05, 0.1) is 11.7 Å². The highest BCUT2D eigenvalue weighted by atomic mass is 16.5. The Bertz CT molecular complexity index is 1020. The van der Waals surface area contributed by atoms with Gasteiger partial charge in [-0.25, -0.2) is 0 Å². The van der Waals surface area contributed by atoms with Crippen molar-refractivity contribution in [2.75, 3.05) is 5.32 Å². The summed E-state index contributed by atoms with van der Waals surface area (Å²) in [6.45, 7) is 3.70. The molecule has 154 valence electrons. The summed E-state index contributed by atoms with van der Waals surface area (Å²) in [5.74, 6) is 0.0913. The monoisotopic (exact) mass is 404 g/mol. The number of hydrogen-bond donors (Lipinski definition) is 3. The van der Waals surface area contributed by atoms with Gasteiger partial charge in [-0.3, -0.25) is 9.59 Å². The predicted octanol–water partition coefficient (Wildman–Crippen LogP) is 4.42. The van der Waals surface area contributed by atoms with Gasteiger partial charge in [-0.15, -0.1) is 0 Å². The largest absolute Gasteiger partial charge is 0.506 e. The van der Waals surface area contributed by atoms with E-state index in [2.05, 4.69) is 10.6 Å². The highest BCUT2D eigenvalue weighted by molar-refractivity contribution is 6.05. The number of phenols is 1. The van der Waals surface area contributed by atoms with Crippen molar-refractivity contribution in [2.45, 2.75) is 26.5 Å². The van der Waals surface area contributed by atoms with Gasteiger partial charge in [0.25, 0.3) is 5.91 Å². The Labute approximate surface area is 175 Å². The summed E-state index contributed by atoms with van der Waals surface area (Å²) >= 11 is 0. The summed E-state index contributed by atoms with van der Waals surface area (Å²) in [6, 6.07) is 21.3. The molecule has 0 radical (unpaired) electrons. The molecule has 1 atom stereocenters. The third-order valence-corrected chi connectivity index (χ3v) is 4.55. The van der Waals surface area contributed by atoms with Crippen molar-refractivity contribution >= 4 is 17.5 Å². The van der Waals surface area contributed by atoms with Crippen molar-refractivity contribution in [1.29, 1.82) is 0 Å². The van der Waals surface area contributed by atoms with E-state index in [9.17, 15) is 14.7 Å². The van der Waals surface area contributed by atoms with Crippen LogP contribution in [0.1, 0.15) is 41.4 Å². The first-order valence-electron chi connectivity index (χ1n) is 9.60. The molecule has 3 N–H and O–H groups in total. The molecule has 0 spiro atoms. The van der Waals surface area contributed by atoms with Crippen LogP contribution >= 0.6 is 0 Å². The lowest BCUT2D eigenvalue weighted by molar-refractivity contribution is -0.119. The Balaban J connectivity index is 1.61. The molecule has 0 fully saturated rings. The van der Waals surface area contributed by atoms with Gasteiger partial charge in [0, 0.05) is 12.5 Å². The van der Waals surface area contributed by atoms with Crippen molar-refractivity contribution in [3.63, 3.8) is 0 Å². The smallest absolute Gasteiger partial charge is 0.255 e. The number of carbonyl (C=O) groups excluding carboxylic acids is 2. The summed E-state index contributed by atoms with van der Waals surface area (Å²) < 4.78 is 5.73. The quantitative estimate of drug-likeness (QED) is 0.509. The number of hydrogen-bond acceptors (Lipinski definition) is 4. The summed E-state index contributed by atoms with van der Waals surface area (Å²) in [4.78, 5) is 23.7. The molecule has 30 heavy (non-hydrogen) atoms. The lowest BCUT2D eigenvalue weighted by Gasteiger charge is -2.15. The van der Waals surface area contributed by atoms with Gasteiger partial charge in [-0.1, -0.05) is 36.4 Å². The number of nitrogens with one attached hydrogen (secondary N) is 2. The lowest BCUT2D eigenvalue weighted by atomic mass is 10.1. The molecule has 3 aromatic carbocycles. The van der Waals surface area contributed by atoms with E-state index in [0.717, 1.165) is 11.1 Å². The Morgan fingerprint density at radius 2 is 1.70 bits per heavy atom. The summed E-state index contributed by atoms with van der Waals surface area (Å²) in [5.41, 5.74) is 2.53. The number of phenolic OH excluding ortho intramolecular Hbond substituents is 1. The number of ether oxygens (including phenoxy) is 1. The van der Waals surface area contributed by atoms with Gasteiger partial charge in [-0.05, 0) is 54.4 Å². The number of aromatic hydroxyl groups is 1. The molecule has 0 heterocycles. The third kappa shape index (κ3) is 5.61. The lowest BCUT2D eigenvalue weighted by Crippen LogP contribution is -2.23. The minimum atomic E-state index is -0.345. The first-order valence-corrected chi connectivity index (χ1v) is 9.60. The van der Waals surface area contributed by atoms with Crippen molar-refractivity contribution < 1.29 is 19.4 Å². The molecular formula is C24H24N2O4. The molecule has 0 saturated heterocycles. The topological polar surface area (TPSA) is 87.7 Å². The van der Waals surface area contributed by atoms with Crippen LogP contribution in [0, 0.1) is 0 Å². The van der Waals surface area contributed by atoms with Crippen LogP contribution in [-0.2, 0) is 11.4 Å². The minimum absolute atomic E-state index is 0.0686. The van der Waals surface area contributed by atoms with E-state index in [1.165, 1.54) is 13.0 Å². The number of rotatable bonds is 7. The fourth-order valence-electron chi connectivity index (χ4n) is 2.95. The first-order chi connectivity index (χ1) is 14.4. The summed E-state index contributed by atoms with van der Waals surface area (Å²) in [6.07, 6.45) is 0. The van der Waals surface area contributed by atoms with Crippen LogP contribution in [-0.4, -0.2) is 16.9 Å². The predicted molar refractivity (Wildman–Crippen MR) is 116 cm³/mol. The molecule has 3 rings (SSSR count). The average molecular weight is 404 g/mol. The van der Waals surface area contributed by atoms with E-state index in [-0.39, 0.29) is 23.6 Å². The maximum atomic E-state index is 12.5. The average Bonchev–Trinajstić information content (AvgIpc) is 2.74. The Hall–Kier alpha value is -3.80. The van der Waals surface area contributed by atoms with Crippen LogP contribution in [0.3, 0.4) is 0 Å². The van der Waals surface area contributed by atoms with Crippen molar-refractivity contribution in [3.8, 4) is 11.5 Å². The van der Waals surface area contributed by atoms with Crippen molar-refractivity contribution in [2.24, 2.45) is 0 Å². The van der Waals surface area contributed by atoms with Gasteiger partial charge < -0.3 is 20.5 Å². The Kier molecular flexibility index (Phi) is 6.70. The van der Waals surface area contributed by atoms with Gasteiger partial charge in [0.15, 0.2) is 0 Å². The molecule has 0 bridgehead atoms. The molecule has 3 aromatic rings. The van der Waals surface area contributed by atoms with Crippen LogP contribution < -0.4 is 15.4 Å². The van der Waals surface area contributed by atoms with E-state index >= 15 is 0 Å². The molecule has 2 amide bonds.